The summed E-state index contributed by atoms with van der Waals surface area (Å²) in [5.41, 5.74) is -0.753. The van der Waals surface area contributed by atoms with Gasteiger partial charge >= 0.3 is 95.0 Å². The fourth-order valence-electron chi connectivity index (χ4n) is 2.74. The number of carbonyl (C=O) groups excluding carboxylic acids is 3. The Kier molecular flexibility index (Phi) is 16.1. The summed E-state index contributed by atoms with van der Waals surface area (Å²) in [6.07, 6.45) is -4.90. The van der Waals surface area contributed by atoms with Crippen LogP contribution in [0.5, 0.6) is 5.75 Å². The fourth-order valence-corrected chi connectivity index (χ4v) is 2.74. The standard InChI is InChI=1S/C19H16F3NO7.3Na/c20-19(21,22)30-13-3-1-2-11(6-13)8-23(10-16(24)25)9-12-4-5-14(17(26)27)15(7-12)18(28)29;;;/h1-7H,8-10H2,(H,24,25)(H,26,27)(H,28,29);;;/q;3*+1/p-3. The molecule has 8 nitrogen and oxygen atoms in total. The van der Waals surface area contributed by atoms with E-state index in [1.165, 1.54) is 23.1 Å². The second kappa shape index (κ2) is 15.4. The van der Waals surface area contributed by atoms with E-state index in [1.54, 1.807) is 0 Å². The maximum atomic E-state index is 12.4. The predicted molar refractivity (Wildman–Crippen MR) is 87.3 cm³/mol. The first kappa shape index (κ1) is 34.6. The minimum atomic E-state index is -4.90. The summed E-state index contributed by atoms with van der Waals surface area (Å²) in [7, 11) is 0. The van der Waals surface area contributed by atoms with Gasteiger partial charge in [-0.2, -0.15) is 0 Å². The molecule has 33 heavy (non-hydrogen) atoms. The summed E-state index contributed by atoms with van der Waals surface area (Å²) in [5.74, 6) is -5.47. The minimum absolute atomic E-state index is 0. The SMILES string of the molecule is O=C([O-])CN(Cc1cccc(OC(F)(F)F)c1)Cc1ccc(C(=O)[O-])c(C(=O)[O-])c1.[Na+].[Na+].[Na+]. The van der Waals surface area contributed by atoms with Crippen LogP contribution in [0.1, 0.15) is 31.8 Å². The number of rotatable bonds is 9. The molecule has 0 aromatic heterocycles. The molecule has 0 atom stereocenters. The largest absolute Gasteiger partial charge is 1.00 e. The third-order valence-electron chi connectivity index (χ3n) is 3.82. The van der Waals surface area contributed by atoms with Gasteiger partial charge in [-0.3, -0.25) is 4.90 Å². The number of alkyl halides is 3. The van der Waals surface area contributed by atoms with Gasteiger partial charge in [0.25, 0.3) is 0 Å². The number of hydrogen-bond donors (Lipinski definition) is 0. The number of benzene rings is 2. The molecule has 0 amide bonds. The molecule has 0 aliphatic heterocycles. The van der Waals surface area contributed by atoms with Crippen molar-refractivity contribution in [1.82, 2.24) is 4.90 Å². The summed E-state index contributed by atoms with van der Waals surface area (Å²) in [6.45, 7) is -0.953. The van der Waals surface area contributed by atoms with E-state index in [-0.39, 0.29) is 113 Å². The number of aliphatic carboxylic acids is 1. The van der Waals surface area contributed by atoms with Crippen LogP contribution in [-0.2, 0) is 17.9 Å². The van der Waals surface area contributed by atoms with Gasteiger partial charge in [-0.05, 0) is 29.3 Å². The van der Waals surface area contributed by atoms with E-state index in [4.69, 9.17) is 0 Å². The molecule has 14 heteroatoms. The summed E-state index contributed by atoms with van der Waals surface area (Å²) in [4.78, 5) is 34.4. The Balaban J connectivity index is 0. The van der Waals surface area contributed by atoms with E-state index in [2.05, 4.69) is 4.74 Å². The molecule has 0 aliphatic rings. The average molecular weight is 493 g/mol. The first-order chi connectivity index (χ1) is 13.9. The van der Waals surface area contributed by atoms with Crippen molar-refractivity contribution in [3.63, 3.8) is 0 Å². The van der Waals surface area contributed by atoms with Crippen molar-refractivity contribution >= 4 is 17.9 Å². The average Bonchev–Trinajstić information content (AvgIpc) is 2.59. The van der Waals surface area contributed by atoms with E-state index in [0.29, 0.717) is 0 Å². The Morgan fingerprint density at radius 1 is 0.818 bits per heavy atom. The first-order valence-corrected chi connectivity index (χ1v) is 8.27. The second-order valence-electron chi connectivity index (χ2n) is 6.17. The molecule has 2 aromatic carbocycles. The van der Waals surface area contributed by atoms with Gasteiger partial charge < -0.3 is 34.4 Å². The molecule has 160 valence electrons. The van der Waals surface area contributed by atoms with Gasteiger partial charge in [0.15, 0.2) is 0 Å². The Bertz CT molecular complexity index is 974. The van der Waals surface area contributed by atoms with Crippen LogP contribution in [-0.4, -0.2) is 35.7 Å². The van der Waals surface area contributed by atoms with Gasteiger partial charge in [-0.25, -0.2) is 0 Å². The molecule has 0 saturated carbocycles. The molecule has 0 saturated heterocycles. The number of nitrogens with zero attached hydrogens (tertiary/aromatic N) is 1. The van der Waals surface area contributed by atoms with Crippen molar-refractivity contribution in [2.45, 2.75) is 19.5 Å². The smallest absolute Gasteiger partial charge is 0.549 e. The molecule has 2 aromatic rings. The number of ether oxygens (including phenoxy) is 1. The maximum Gasteiger partial charge on any atom is 1.00 e. The number of halogens is 3. The van der Waals surface area contributed by atoms with Gasteiger partial charge in [0.05, 0.1) is 17.9 Å². The maximum absolute atomic E-state index is 12.4. The number of carboxylic acid groups (broad SMARTS) is 3. The number of carbonyl (C=O) groups is 3. The topological polar surface area (TPSA) is 133 Å². The summed E-state index contributed by atoms with van der Waals surface area (Å²) in [5, 5.41) is 33.2. The van der Waals surface area contributed by atoms with Crippen molar-refractivity contribution in [3.8, 4) is 5.75 Å². The van der Waals surface area contributed by atoms with Gasteiger partial charge in [-0.1, -0.05) is 24.3 Å². The Labute approximate surface area is 253 Å². The molecule has 0 spiro atoms. The Morgan fingerprint density at radius 3 is 1.85 bits per heavy atom. The van der Waals surface area contributed by atoms with Crippen molar-refractivity contribution < 1.29 is 136 Å². The van der Waals surface area contributed by atoms with Gasteiger partial charge in [0, 0.05) is 30.8 Å². The van der Waals surface area contributed by atoms with E-state index < -0.39 is 47.7 Å². The molecule has 0 unspecified atom stereocenters. The molecule has 0 radical (unpaired) electrons. The Morgan fingerprint density at radius 2 is 1.36 bits per heavy atom. The zero-order valence-corrected chi connectivity index (χ0v) is 24.1. The summed E-state index contributed by atoms with van der Waals surface area (Å²) < 4.78 is 40.9. The molecule has 0 N–H and O–H groups in total. The van der Waals surface area contributed by atoms with Crippen LogP contribution < -0.4 is 109 Å². The zero-order valence-electron chi connectivity index (χ0n) is 18.1. The Hall–Kier alpha value is -0.600. The monoisotopic (exact) mass is 493 g/mol. The summed E-state index contributed by atoms with van der Waals surface area (Å²) in [6, 6.07) is 8.10. The predicted octanol–water partition coefficient (Wildman–Crippen LogP) is -9.92. The van der Waals surface area contributed by atoms with Crippen LogP contribution in [0.2, 0.25) is 0 Å². The van der Waals surface area contributed by atoms with Crippen molar-refractivity contribution in [2.75, 3.05) is 6.54 Å². The molecular formula is C19H13F3NNa3O7. The zero-order chi connectivity index (χ0) is 22.5. The quantitative estimate of drug-likeness (QED) is 0.315. The molecular weight excluding hydrogens is 480 g/mol. The van der Waals surface area contributed by atoms with Gasteiger partial charge in [0.2, 0.25) is 0 Å². The van der Waals surface area contributed by atoms with Crippen molar-refractivity contribution in [3.05, 3.63) is 64.7 Å². The third kappa shape index (κ3) is 12.1. The fraction of sp³-hybridized carbons (Fsp3) is 0.211. The van der Waals surface area contributed by atoms with E-state index >= 15 is 0 Å². The second-order valence-corrected chi connectivity index (χ2v) is 6.17. The van der Waals surface area contributed by atoms with Gasteiger partial charge in [0.1, 0.15) is 5.75 Å². The van der Waals surface area contributed by atoms with Crippen molar-refractivity contribution in [2.24, 2.45) is 0 Å². The van der Waals surface area contributed by atoms with Crippen LogP contribution >= 0.6 is 0 Å². The number of hydrogen-bond acceptors (Lipinski definition) is 8. The van der Waals surface area contributed by atoms with Crippen LogP contribution in [0.4, 0.5) is 13.2 Å². The molecule has 0 bridgehead atoms. The van der Waals surface area contributed by atoms with Crippen molar-refractivity contribution in [1.29, 1.82) is 0 Å². The van der Waals surface area contributed by atoms with E-state index in [9.17, 15) is 42.9 Å². The molecule has 0 aliphatic carbocycles. The van der Waals surface area contributed by atoms with Crippen LogP contribution in [0.3, 0.4) is 0 Å². The van der Waals surface area contributed by atoms with Gasteiger partial charge in [-0.15, -0.1) is 13.2 Å². The van der Waals surface area contributed by atoms with E-state index in [1.807, 2.05) is 0 Å². The summed E-state index contributed by atoms with van der Waals surface area (Å²) >= 11 is 0. The third-order valence-corrected chi connectivity index (χ3v) is 3.82. The van der Waals surface area contributed by atoms with Crippen LogP contribution in [0.15, 0.2) is 42.5 Å². The van der Waals surface area contributed by atoms with Crippen LogP contribution in [0.25, 0.3) is 0 Å². The molecule has 2 rings (SSSR count). The minimum Gasteiger partial charge on any atom is -0.549 e. The normalized spacial score (nSPS) is 10.3. The number of carboxylic acids is 3. The van der Waals surface area contributed by atoms with Crippen LogP contribution in [0, 0.1) is 0 Å². The molecule has 0 heterocycles. The number of aromatic carboxylic acids is 2. The molecule has 0 fully saturated rings. The first-order valence-electron chi connectivity index (χ1n) is 8.27. The van der Waals surface area contributed by atoms with E-state index in [0.717, 1.165) is 24.3 Å².